The van der Waals surface area contributed by atoms with Gasteiger partial charge in [0, 0.05) is 12.7 Å². The molecule has 0 saturated carbocycles. The molecule has 2 heterocycles. The van der Waals surface area contributed by atoms with Crippen molar-refractivity contribution in [3.8, 4) is 11.6 Å². The second kappa shape index (κ2) is 7.35. The smallest absolute Gasteiger partial charge is 0.257 e. The molecule has 0 aromatic carbocycles. The van der Waals surface area contributed by atoms with Crippen LogP contribution in [0.3, 0.4) is 0 Å². The fraction of sp³-hybridized carbons (Fsp3) is 0.583. The number of rotatable bonds is 4. The van der Waals surface area contributed by atoms with Gasteiger partial charge in [-0.25, -0.2) is 4.98 Å². The van der Waals surface area contributed by atoms with Crippen molar-refractivity contribution in [3.05, 3.63) is 18.3 Å². The van der Waals surface area contributed by atoms with Crippen molar-refractivity contribution in [1.29, 1.82) is 0 Å². The molecule has 0 amide bonds. The van der Waals surface area contributed by atoms with E-state index < -0.39 is 0 Å². The highest BCUT2D eigenvalue weighted by Crippen LogP contribution is 2.25. The second-order valence-electron chi connectivity index (χ2n) is 3.83. The Labute approximate surface area is 108 Å². The van der Waals surface area contributed by atoms with Crippen LogP contribution in [-0.2, 0) is 0 Å². The third-order valence-electron chi connectivity index (χ3n) is 2.57. The summed E-state index contributed by atoms with van der Waals surface area (Å²) in [6.07, 6.45) is 4.17. The Morgan fingerprint density at radius 2 is 2.41 bits per heavy atom. The third kappa shape index (κ3) is 4.06. The lowest BCUT2D eigenvalue weighted by atomic mass is 10.1. The predicted octanol–water partition coefficient (Wildman–Crippen LogP) is 2.03. The van der Waals surface area contributed by atoms with Crippen molar-refractivity contribution >= 4 is 12.4 Å². The van der Waals surface area contributed by atoms with E-state index in [4.69, 9.17) is 9.47 Å². The second-order valence-corrected chi connectivity index (χ2v) is 3.83. The van der Waals surface area contributed by atoms with Crippen LogP contribution >= 0.6 is 12.4 Å². The van der Waals surface area contributed by atoms with Gasteiger partial charge in [0.15, 0.2) is 5.75 Å². The van der Waals surface area contributed by atoms with E-state index in [1.807, 2.05) is 19.1 Å². The molecule has 0 spiro atoms. The number of nitrogens with one attached hydrogen (secondary N) is 1. The minimum absolute atomic E-state index is 0. The molecule has 1 aliphatic rings. The molecule has 4 nitrogen and oxygen atoms in total. The van der Waals surface area contributed by atoms with E-state index in [0.29, 0.717) is 12.5 Å². The van der Waals surface area contributed by atoms with Crippen molar-refractivity contribution in [2.24, 2.45) is 0 Å². The first-order valence-electron chi connectivity index (χ1n) is 5.85. The fourth-order valence-corrected chi connectivity index (χ4v) is 1.81. The van der Waals surface area contributed by atoms with E-state index in [9.17, 15) is 0 Å². The summed E-state index contributed by atoms with van der Waals surface area (Å²) in [5, 5.41) is 3.31. The number of ether oxygens (including phenoxy) is 2. The van der Waals surface area contributed by atoms with Crippen LogP contribution in [0.5, 0.6) is 11.6 Å². The van der Waals surface area contributed by atoms with Gasteiger partial charge < -0.3 is 14.8 Å². The Bertz CT molecular complexity index is 330. The highest BCUT2D eigenvalue weighted by molar-refractivity contribution is 5.85. The zero-order valence-corrected chi connectivity index (χ0v) is 10.8. The van der Waals surface area contributed by atoms with Gasteiger partial charge in [-0.3, -0.25) is 0 Å². The molecular weight excluding hydrogens is 240 g/mol. The van der Waals surface area contributed by atoms with Gasteiger partial charge in [-0.15, -0.1) is 12.4 Å². The van der Waals surface area contributed by atoms with E-state index in [1.54, 1.807) is 6.20 Å². The Kier molecular flexibility index (Phi) is 6.08. The number of piperidine rings is 1. The summed E-state index contributed by atoms with van der Waals surface area (Å²) in [6, 6.07) is 3.75. The fourth-order valence-electron chi connectivity index (χ4n) is 1.81. The summed E-state index contributed by atoms with van der Waals surface area (Å²) in [7, 11) is 0. The zero-order chi connectivity index (χ0) is 11.2. The highest BCUT2D eigenvalue weighted by Gasteiger charge is 2.17. The molecule has 5 heteroatoms. The summed E-state index contributed by atoms with van der Waals surface area (Å²) < 4.78 is 11.3. The molecular formula is C12H19ClN2O2. The molecule has 1 fully saturated rings. The average Bonchev–Trinajstić information content (AvgIpc) is 2.33. The Morgan fingerprint density at radius 1 is 1.53 bits per heavy atom. The van der Waals surface area contributed by atoms with Gasteiger partial charge in [-0.1, -0.05) is 0 Å². The highest BCUT2D eigenvalue weighted by atomic mass is 35.5. The van der Waals surface area contributed by atoms with Crippen molar-refractivity contribution in [2.75, 3.05) is 19.7 Å². The first kappa shape index (κ1) is 14.1. The summed E-state index contributed by atoms with van der Waals surface area (Å²) >= 11 is 0. The standard InChI is InChI=1S/C12H18N2O2.ClH/c1-2-15-11-6-4-8-14-12(11)16-10-5-3-7-13-9-10;/h4,6,8,10,13H,2-3,5,7,9H2,1H3;1H/t10-;/m1./s1. The summed E-state index contributed by atoms with van der Waals surface area (Å²) in [5.74, 6) is 1.34. The molecule has 17 heavy (non-hydrogen) atoms. The SMILES string of the molecule is CCOc1cccnc1O[C@@H]1CCCNC1.Cl. The van der Waals surface area contributed by atoms with Gasteiger partial charge in [-0.05, 0) is 38.4 Å². The zero-order valence-electron chi connectivity index (χ0n) is 10.0. The summed E-state index contributed by atoms with van der Waals surface area (Å²) in [5.41, 5.74) is 0. The molecule has 0 bridgehead atoms. The Balaban J connectivity index is 0.00000144. The van der Waals surface area contributed by atoms with Crippen molar-refractivity contribution in [2.45, 2.75) is 25.9 Å². The topological polar surface area (TPSA) is 43.4 Å². The number of halogens is 1. The van der Waals surface area contributed by atoms with Crippen LogP contribution < -0.4 is 14.8 Å². The number of nitrogens with zero attached hydrogens (tertiary/aromatic N) is 1. The molecule has 1 atom stereocenters. The number of aromatic nitrogens is 1. The largest absolute Gasteiger partial charge is 0.488 e. The maximum atomic E-state index is 5.84. The quantitative estimate of drug-likeness (QED) is 0.898. The van der Waals surface area contributed by atoms with E-state index in [0.717, 1.165) is 31.7 Å². The minimum Gasteiger partial charge on any atom is -0.488 e. The van der Waals surface area contributed by atoms with Crippen molar-refractivity contribution in [1.82, 2.24) is 10.3 Å². The molecule has 96 valence electrons. The molecule has 1 aliphatic heterocycles. The van der Waals surface area contributed by atoms with Crippen LogP contribution in [0.25, 0.3) is 0 Å². The monoisotopic (exact) mass is 258 g/mol. The minimum atomic E-state index is 0. The summed E-state index contributed by atoms with van der Waals surface area (Å²) in [4.78, 5) is 4.22. The lowest BCUT2D eigenvalue weighted by Gasteiger charge is -2.24. The first-order valence-corrected chi connectivity index (χ1v) is 5.85. The number of hydrogen-bond acceptors (Lipinski definition) is 4. The molecule has 1 N–H and O–H groups in total. The van der Waals surface area contributed by atoms with Gasteiger partial charge >= 0.3 is 0 Å². The van der Waals surface area contributed by atoms with Gasteiger partial charge in [0.25, 0.3) is 5.88 Å². The van der Waals surface area contributed by atoms with E-state index in [-0.39, 0.29) is 18.5 Å². The lowest BCUT2D eigenvalue weighted by molar-refractivity contribution is 0.152. The van der Waals surface area contributed by atoms with E-state index in [2.05, 4.69) is 10.3 Å². The van der Waals surface area contributed by atoms with Crippen LogP contribution in [0.1, 0.15) is 19.8 Å². The van der Waals surface area contributed by atoms with Crippen LogP contribution in [0.4, 0.5) is 0 Å². The Hall–Kier alpha value is -1.00. The average molecular weight is 259 g/mol. The van der Waals surface area contributed by atoms with E-state index in [1.165, 1.54) is 0 Å². The molecule has 0 aliphatic carbocycles. The molecule has 2 rings (SSSR count). The van der Waals surface area contributed by atoms with Crippen LogP contribution in [-0.4, -0.2) is 30.8 Å². The molecule has 1 saturated heterocycles. The van der Waals surface area contributed by atoms with Gasteiger partial charge in [0.1, 0.15) is 6.10 Å². The van der Waals surface area contributed by atoms with Crippen LogP contribution in [0.2, 0.25) is 0 Å². The molecule has 0 radical (unpaired) electrons. The Morgan fingerprint density at radius 3 is 3.12 bits per heavy atom. The normalized spacial score (nSPS) is 19.2. The van der Waals surface area contributed by atoms with E-state index >= 15 is 0 Å². The van der Waals surface area contributed by atoms with Crippen molar-refractivity contribution < 1.29 is 9.47 Å². The summed E-state index contributed by atoms with van der Waals surface area (Å²) in [6.45, 7) is 4.56. The van der Waals surface area contributed by atoms with Crippen LogP contribution in [0.15, 0.2) is 18.3 Å². The lowest BCUT2D eigenvalue weighted by Crippen LogP contribution is -2.37. The molecule has 0 unspecified atom stereocenters. The van der Waals surface area contributed by atoms with Gasteiger partial charge in [0.05, 0.1) is 6.61 Å². The third-order valence-corrected chi connectivity index (χ3v) is 2.57. The van der Waals surface area contributed by atoms with Gasteiger partial charge in [0.2, 0.25) is 0 Å². The maximum Gasteiger partial charge on any atom is 0.257 e. The number of pyridine rings is 1. The molecule has 1 aromatic rings. The van der Waals surface area contributed by atoms with Crippen molar-refractivity contribution in [3.63, 3.8) is 0 Å². The maximum absolute atomic E-state index is 5.84. The predicted molar refractivity (Wildman–Crippen MR) is 69.2 cm³/mol. The van der Waals surface area contributed by atoms with Gasteiger partial charge in [-0.2, -0.15) is 0 Å². The molecule has 1 aromatic heterocycles. The number of hydrogen-bond donors (Lipinski definition) is 1. The first-order chi connectivity index (χ1) is 7.90. The van der Waals surface area contributed by atoms with Crippen LogP contribution in [0, 0.1) is 0 Å².